The van der Waals surface area contributed by atoms with Gasteiger partial charge in [0.25, 0.3) is 0 Å². The molecule has 0 saturated heterocycles. The topological polar surface area (TPSA) is 73.8 Å². The molecule has 0 aliphatic rings. The third-order valence-electron chi connectivity index (χ3n) is 4.00. The molecule has 10 heteroatoms. The molecule has 0 atom stereocenters. The van der Waals surface area contributed by atoms with E-state index in [1.165, 1.54) is 23.7 Å². The van der Waals surface area contributed by atoms with Gasteiger partial charge in [-0.1, -0.05) is 35.4 Å². The minimum absolute atomic E-state index is 0.123. The first kappa shape index (κ1) is 32.3. The van der Waals surface area contributed by atoms with Gasteiger partial charge in [0.05, 0.1) is 99.1 Å². The van der Waals surface area contributed by atoms with Crippen molar-refractivity contribution in [3.8, 4) is 0 Å². The van der Waals surface area contributed by atoms with Crippen LogP contribution in [-0.2, 0) is 37.9 Å². The van der Waals surface area contributed by atoms with E-state index in [2.05, 4.69) is 22.6 Å². The van der Waals surface area contributed by atoms with Crippen LogP contribution in [-0.4, -0.2) is 117 Å². The lowest BCUT2D eigenvalue weighted by atomic mass is 10.2. The summed E-state index contributed by atoms with van der Waals surface area (Å²) in [5.41, 5.74) is 0. The Balaban J connectivity index is 2.98. The molecule has 0 aliphatic heterocycles. The molecular weight excluding hydrogens is 538 g/mol. The molecule has 0 aromatic carbocycles. The van der Waals surface area contributed by atoms with Crippen molar-refractivity contribution < 1.29 is 42.3 Å². The zero-order valence-electron chi connectivity index (χ0n) is 19.6. The predicted octanol–water partition coefficient (Wildman–Crippen LogP) is 3.08. The Labute approximate surface area is 207 Å². The Bertz CT molecular complexity index is 302. The van der Waals surface area contributed by atoms with Crippen molar-refractivity contribution in [2.45, 2.75) is 25.7 Å². The highest BCUT2D eigenvalue weighted by Crippen LogP contribution is 2.02. The van der Waals surface area contributed by atoms with Crippen LogP contribution in [0.25, 0.3) is 0 Å². The lowest BCUT2D eigenvalue weighted by Gasteiger charge is -2.08. The summed E-state index contributed by atoms with van der Waals surface area (Å²) in [6.45, 7) is 7.84. The molecule has 0 spiro atoms. The Hall–Kier alpha value is 0.340. The number of ether oxygens (including phenoxy) is 8. The van der Waals surface area contributed by atoms with E-state index in [0.717, 1.165) is 13.0 Å². The van der Waals surface area contributed by atoms with E-state index in [9.17, 15) is 4.39 Å². The quantitative estimate of drug-likeness (QED) is 0.0758. The normalized spacial score (nSPS) is 11.4. The molecule has 0 aliphatic carbocycles. The second-order valence-corrected chi connectivity index (χ2v) is 7.77. The first-order valence-corrected chi connectivity index (χ1v) is 13.2. The summed E-state index contributed by atoms with van der Waals surface area (Å²) in [5, 5.41) is 0. The molecule has 0 heterocycles. The Kier molecular flexibility index (Phi) is 31.7. The summed E-state index contributed by atoms with van der Waals surface area (Å²) in [6.07, 6.45) is 4.98. The summed E-state index contributed by atoms with van der Waals surface area (Å²) >= 11 is 2.42. The zero-order valence-corrected chi connectivity index (χ0v) is 21.7. The second-order valence-electron chi connectivity index (χ2n) is 6.69. The first-order chi connectivity index (χ1) is 15.9. The lowest BCUT2D eigenvalue weighted by Crippen LogP contribution is -2.15. The summed E-state index contributed by atoms with van der Waals surface area (Å²) in [6, 6.07) is 0. The van der Waals surface area contributed by atoms with E-state index >= 15 is 0 Å². The van der Waals surface area contributed by atoms with Crippen LogP contribution in [0.5, 0.6) is 0 Å². The average Bonchev–Trinajstić information content (AvgIpc) is 2.81. The molecular formula is C22H44FIO8. The molecule has 194 valence electrons. The molecule has 0 fully saturated rings. The number of hydrogen-bond acceptors (Lipinski definition) is 8. The zero-order chi connectivity index (χ0) is 23.2. The van der Waals surface area contributed by atoms with E-state index in [1.807, 2.05) is 0 Å². The van der Waals surface area contributed by atoms with Crippen molar-refractivity contribution in [1.29, 1.82) is 0 Å². The summed E-state index contributed by atoms with van der Waals surface area (Å²) in [4.78, 5) is 0. The second kappa shape index (κ2) is 31.3. The van der Waals surface area contributed by atoms with E-state index in [1.54, 1.807) is 0 Å². The van der Waals surface area contributed by atoms with Gasteiger partial charge in [-0.2, -0.15) is 0 Å². The van der Waals surface area contributed by atoms with Crippen molar-refractivity contribution in [3.05, 3.63) is 0 Å². The number of hydrogen-bond donors (Lipinski definition) is 0. The predicted molar refractivity (Wildman–Crippen MR) is 130 cm³/mol. The van der Waals surface area contributed by atoms with Gasteiger partial charge in [-0.3, -0.25) is 0 Å². The highest BCUT2D eigenvalue weighted by atomic mass is 127. The van der Waals surface area contributed by atoms with Crippen LogP contribution in [0.15, 0.2) is 0 Å². The summed E-state index contributed by atoms with van der Waals surface area (Å²) < 4.78 is 55.9. The van der Waals surface area contributed by atoms with E-state index in [-0.39, 0.29) is 6.61 Å². The van der Waals surface area contributed by atoms with Crippen LogP contribution in [0.1, 0.15) is 25.7 Å². The lowest BCUT2D eigenvalue weighted by molar-refractivity contribution is -0.0233. The monoisotopic (exact) mass is 582 g/mol. The third-order valence-corrected chi connectivity index (χ3v) is 4.76. The maximum atomic E-state index is 11.8. The number of halogens is 2. The molecule has 0 radical (unpaired) electrons. The van der Waals surface area contributed by atoms with Crippen LogP contribution < -0.4 is 0 Å². The third kappa shape index (κ3) is 30.3. The molecule has 0 saturated carbocycles. The van der Waals surface area contributed by atoms with Gasteiger partial charge in [0, 0.05) is 6.61 Å². The first-order valence-electron chi connectivity index (χ1n) is 11.7. The average molecular weight is 582 g/mol. The summed E-state index contributed by atoms with van der Waals surface area (Å²) in [7, 11) is 0. The molecule has 0 aromatic heterocycles. The van der Waals surface area contributed by atoms with Gasteiger partial charge in [0.2, 0.25) is 0 Å². The van der Waals surface area contributed by atoms with Gasteiger partial charge in [0.15, 0.2) is 0 Å². The van der Waals surface area contributed by atoms with Crippen LogP contribution in [0.2, 0.25) is 0 Å². The minimum atomic E-state index is -0.465. The van der Waals surface area contributed by atoms with Gasteiger partial charge < -0.3 is 37.9 Å². The molecule has 8 nitrogen and oxygen atoms in total. The molecule has 0 rings (SSSR count). The van der Waals surface area contributed by atoms with Crippen LogP contribution in [0, 0.1) is 0 Å². The maximum absolute atomic E-state index is 11.8. The minimum Gasteiger partial charge on any atom is -0.379 e. The number of rotatable bonds is 29. The summed E-state index contributed by atoms with van der Waals surface area (Å²) in [5.74, 6) is 0. The Morgan fingerprint density at radius 2 is 0.625 bits per heavy atom. The molecule has 0 N–H and O–H groups in total. The van der Waals surface area contributed by atoms with Crippen molar-refractivity contribution in [2.24, 2.45) is 0 Å². The Morgan fingerprint density at radius 3 is 0.938 bits per heavy atom. The maximum Gasteiger partial charge on any atom is 0.113 e. The molecule has 0 amide bonds. The number of alkyl halides is 2. The fourth-order valence-electron chi connectivity index (χ4n) is 2.35. The van der Waals surface area contributed by atoms with Gasteiger partial charge >= 0.3 is 0 Å². The van der Waals surface area contributed by atoms with Crippen molar-refractivity contribution in [1.82, 2.24) is 0 Å². The standard InChI is InChI=1S/C22H44FIO8/c23-5-8-26-10-12-28-14-16-30-18-20-32-22-21-31-19-17-29-15-13-27-11-9-25-7-4-2-1-3-6-24/h1-22H2. The fourth-order valence-corrected chi connectivity index (χ4v) is 2.89. The van der Waals surface area contributed by atoms with E-state index in [4.69, 9.17) is 37.9 Å². The molecule has 0 unspecified atom stereocenters. The number of unbranched alkanes of at least 4 members (excludes halogenated alkanes) is 3. The van der Waals surface area contributed by atoms with Gasteiger partial charge in [-0.05, 0) is 17.3 Å². The highest BCUT2D eigenvalue weighted by Gasteiger charge is 1.95. The van der Waals surface area contributed by atoms with Crippen LogP contribution in [0.4, 0.5) is 4.39 Å². The smallest absolute Gasteiger partial charge is 0.113 e. The van der Waals surface area contributed by atoms with Crippen molar-refractivity contribution >= 4 is 22.6 Å². The SMILES string of the molecule is FCCOCCOCCOCCOCCOCCOCCOCCOCCCCCCI. The molecule has 0 bridgehead atoms. The van der Waals surface area contributed by atoms with Gasteiger partial charge in [-0.15, -0.1) is 0 Å². The molecule has 32 heavy (non-hydrogen) atoms. The fraction of sp³-hybridized carbons (Fsp3) is 1.00. The van der Waals surface area contributed by atoms with Crippen LogP contribution in [0.3, 0.4) is 0 Å². The van der Waals surface area contributed by atoms with E-state index < -0.39 is 6.67 Å². The van der Waals surface area contributed by atoms with Crippen molar-refractivity contribution in [2.75, 3.05) is 117 Å². The Morgan fingerprint density at radius 1 is 0.344 bits per heavy atom. The van der Waals surface area contributed by atoms with Gasteiger partial charge in [0.1, 0.15) is 6.67 Å². The molecule has 0 aromatic rings. The highest BCUT2D eigenvalue weighted by molar-refractivity contribution is 14.1. The largest absolute Gasteiger partial charge is 0.379 e. The van der Waals surface area contributed by atoms with Crippen LogP contribution >= 0.6 is 22.6 Å². The van der Waals surface area contributed by atoms with Gasteiger partial charge in [-0.25, -0.2) is 4.39 Å². The van der Waals surface area contributed by atoms with Crippen molar-refractivity contribution in [3.63, 3.8) is 0 Å². The van der Waals surface area contributed by atoms with E-state index in [0.29, 0.717) is 92.5 Å².